The lowest BCUT2D eigenvalue weighted by Crippen LogP contribution is -2.38. The fourth-order valence-corrected chi connectivity index (χ4v) is 1.62. The summed E-state index contributed by atoms with van der Waals surface area (Å²) in [5.41, 5.74) is 8.31. The Labute approximate surface area is 103 Å². The highest BCUT2D eigenvalue weighted by Crippen LogP contribution is 2.22. The third kappa shape index (κ3) is 3.12. The van der Waals surface area contributed by atoms with Crippen molar-refractivity contribution in [3.8, 4) is 0 Å². The molecule has 0 bridgehead atoms. The van der Waals surface area contributed by atoms with Crippen LogP contribution in [0.3, 0.4) is 0 Å². The summed E-state index contributed by atoms with van der Waals surface area (Å²) in [7, 11) is -3.09. The number of anilines is 2. The number of rotatable bonds is 4. The number of sulfone groups is 1. The van der Waals surface area contributed by atoms with Crippen LogP contribution in [0.4, 0.5) is 11.4 Å². The molecule has 0 fully saturated rings. The molecular formula is C12H20N2O2S. The molecule has 0 saturated carbocycles. The first-order valence-electron chi connectivity index (χ1n) is 5.44. The number of hydrogen-bond acceptors (Lipinski definition) is 4. The lowest BCUT2D eigenvalue weighted by Gasteiger charge is -2.24. The van der Waals surface area contributed by atoms with Crippen molar-refractivity contribution in [2.45, 2.75) is 25.5 Å². The Morgan fingerprint density at radius 3 is 2.47 bits per heavy atom. The minimum atomic E-state index is -3.09. The van der Waals surface area contributed by atoms with Crippen molar-refractivity contribution < 1.29 is 8.42 Å². The average Bonchev–Trinajstić information content (AvgIpc) is 2.18. The predicted octanol–water partition coefficient (Wildman–Crippen LogP) is 1.81. The summed E-state index contributed by atoms with van der Waals surface area (Å²) < 4.78 is 22.3. The zero-order chi connectivity index (χ0) is 13.3. The maximum absolute atomic E-state index is 11.6. The zero-order valence-corrected chi connectivity index (χ0v) is 11.6. The van der Waals surface area contributed by atoms with Gasteiger partial charge in [0.25, 0.3) is 0 Å². The van der Waals surface area contributed by atoms with E-state index < -0.39 is 14.6 Å². The lowest BCUT2D eigenvalue weighted by molar-refractivity contribution is 0.560. The van der Waals surface area contributed by atoms with E-state index in [1.54, 1.807) is 13.8 Å². The van der Waals surface area contributed by atoms with Gasteiger partial charge in [0.05, 0.1) is 4.75 Å². The summed E-state index contributed by atoms with van der Waals surface area (Å²) in [4.78, 5) is 0. The van der Waals surface area contributed by atoms with Crippen molar-refractivity contribution in [1.29, 1.82) is 0 Å². The molecule has 0 aliphatic carbocycles. The largest absolute Gasteiger partial charge is 0.398 e. The molecule has 0 spiro atoms. The molecule has 0 saturated heterocycles. The fraction of sp³-hybridized carbons (Fsp3) is 0.500. The third-order valence-electron chi connectivity index (χ3n) is 3.08. The summed E-state index contributed by atoms with van der Waals surface area (Å²) >= 11 is 0. The normalized spacial score (nSPS) is 12.5. The molecule has 3 N–H and O–H groups in total. The van der Waals surface area contributed by atoms with Crippen LogP contribution in [0.1, 0.15) is 19.4 Å². The average molecular weight is 256 g/mol. The summed E-state index contributed by atoms with van der Waals surface area (Å²) in [6.07, 6.45) is 1.25. The Kier molecular flexibility index (Phi) is 3.71. The summed E-state index contributed by atoms with van der Waals surface area (Å²) in [6.45, 7) is 5.68. The van der Waals surface area contributed by atoms with Crippen molar-refractivity contribution >= 4 is 21.2 Å². The van der Waals surface area contributed by atoms with Crippen LogP contribution >= 0.6 is 0 Å². The van der Waals surface area contributed by atoms with Crippen molar-refractivity contribution in [3.05, 3.63) is 23.8 Å². The second kappa shape index (κ2) is 4.56. The molecule has 1 aromatic carbocycles. The number of nitrogen functional groups attached to an aromatic ring is 1. The molecule has 96 valence electrons. The van der Waals surface area contributed by atoms with Crippen molar-refractivity contribution in [1.82, 2.24) is 0 Å². The quantitative estimate of drug-likeness (QED) is 0.806. The maximum Gasteiger partial charge on any atom is 0.154 e. The van der Waals surface area contributed by atoms with E-state index in [2.05, 4.69) is 5.32 Å². The van der Waals surface area contributed by atoms with E-state index in [0.29, 0.717) is 12.2 Å². The first kappa shape index (κ1) is 13.8. The first-order valence-corrected chi connectivity index (χ1v) is 7.33. The zero-order valence-electron chi connectivity index (χ0n) is 10.7. The third-order valence-corrected chi connectivity index (χ3v) is 5.24. The van der Waals surface area contributed by atoms with E-state index in [9.17, 15) is 8.42 Å². The van der Waals surface area contributed by atoms with Crippen LogP contribution in [-0.4, -0.2) is 26.0 Å². The van der Waals surface area contributed by atoms with E-state index in [-0.39, 0.29) is 0 Å². The Bertz CT molecular complexity index is 507. The van der Waals surface area contributed by atoms with Gasteiger partial charge in [0, 0.05) is 24.2 Å². The van der Waals surface area contributed by atoms with Gasteiger partial charge in [-0.1, -0.05) is 6.07 Å². The van der Waals surface area contributed by atoms with Gasteiger partial charge >= 0.3 is 0 Å². The van der Waals surface area contributed by atoms with Crippen LogP contribution in [0.5, 0.6) is 0 Å². The van der Waals surface area contributed by atoms with E-state index >= 15 is 0 Å². The molecule has 1 rings (SSSR count). The van der Waals surface area contributed by atoms with Crippen LogP contribution in [0.25, 0.3) is 0 Å². The highest BCUT2D eigenvalue weighted by Gasteiger charge is 2.29. The van der Waals surface area contributed by atoms with Gasteiger partial charge in [-0.05, 0) is 38.5 Å². The maximum atomic E-state index is 11.6. The van der Waals surface area contributed by atoms with Crippen LogP contribution in [0.2, 0.25) is 0 Å². The van der Waals surface area contributed by atoms with Gasteiger partial charge in [-0.2, -0.15) is 0 Å². The molecular weight excluding hydrogens is 236 g/mol. The molecule has 0 aliphatic heterocycles. The monoisotopic (exact) mass is 256 g/mol. The van der Waals surface area contributed by atoms with Gasteiger partial charge in [-0.3, -0.25) is 0 Å². The smallest absolute Gasteiger partial charge is 0.154 e. The minimum Gasteiger partial charge on any atom is -0.398 e. The molecule has 0 radical (unpaired) electrons. The number of nitrogens with two attached hydrogens (primary N) is 1. The van der Waals surface area contributed by atoms with E-state index in [1.807, 2.05) is 25.1 Å². The molecule has 0 unspecified atom stereocenters. The minimum absolute atomic E-state index is 0.357. The summed E-state index contributed by atoms with van der Waals surface area (Å²) in [5, 5.41) is 3.14. The van der Waals surface area contributed by atoms with Crippen LogP contribution < -0.4 is 11.1 Å². The SMILES string of the molecule is Cc1c(N)cccc1NCC(C)(C)S(C)(=O)=O. The van der Waals surface area contributed by atoms with Crippen LogP contribution in [0.15, 0.2) is 18.2 Å². The Balaban J connectivity index is 2.85. The Morgan fingerprint density at radius 1 is 1.35 bits per heavy atom. The van der Waals surface area contributed by atoms with Crippen LogP contribution in [0, 0.1) is 6.92 Å². The molecule has 5 heteroatoms. The molecule has 0 aliphatic rings. The summed E-state index contributed by atoms with van der Waals surface area (Å²) in [6, 6.07) is 5.56. The molecule has 0 amide bonds. The fourth-order valence-electron chi connectivity index (χ4n) is 1.28. The number of hydrogen-bond donors (Lipinski definition) is 2. The molecule has 1 aromatic rings. The molecule has 17 heavy (non-hydrogen) atoms. The molecule has 0 atom stereocenters. The number of benzene rings is 1. The summed E-state index contributed by atoms with van der Waals surface area (Å²) in [5.74, 6) is 0. The van der Waals surface area contributed by atoms with Crippen molar-refractivity contribution in [3.63, 3.8) is 0 Å². The van der Waals surface area contributed by atoms with Gasteiger partial charge < -0.3 is 11.1 Å². The second-order valence-corrected chi connectivity index (χ2v) is 7.55. The van der Waals surface area contributed by atoms with Gasteiger partial charge in [-0.25, -0.2) is 8.42 Å². The Morgan fingerprint density at radius 2 is 1.94 bits per heavy atom. The molecule has 4 nitrogen and oxygen atoms in total. The van der Waals surface area contributed by atoms with Crippen molar-refractivity contribution in [2.75, 3.05) is 23.9 Å². The Hall–Kier alpha value is -1.23. The van der Waals surface area contributed by atoms with Crippen molar-refractivity contribution in [2.24, 2.45) is 0 Å². The van der Waals surface area contributed by atoms with E-state index in [4.69, 9.17) is 5.73 Å². The van der Waals surface area contributed by atoms with Gasteiger partial charge in [-0.15, -0.1) is 0 Å². The first-order chi connectivity index (χ1) is 7.65. The van der Waals surface area contributed by atoms with Gasteiger partial charge in [0.2, 0.25) is 0 Å². The number of nitrogens with one attached hydrogen (secondary N) is 1. The highest BCUT2D eigenvalue weighted by molar-refractivity contribution is 7.92. The van der Waals surface area contributed by atoms with Crippen LogP contribution in [-0.2, 0) is 9.84 Å². The molecule has 0 heterocycles. The lowest BCUT2D eigenvalue weighted by atomic mass is 10.1. The van der Waals surface area contributed by atoms with Gasteiger partial charge in [0.1, 0.15) is 0 Å². The van der Waals surface area contributed by atoms with Gasteiger partial charge in [0.15, 0.2) is 9.84 Å². The second-order valence-electron chi connectivity index (χ2n) is 4.91. The standard InChI is InChI=1S/C12H20N2O2S/c1-9-10(13)6-5-7-11(9)14-8-12(2,3)17(4,15)16/h5-7,14H,8,13H2,1-4H3. The molecule has 0 aromatic heterocycles. The topological polar surface area (TPSA) is 72.2 Å². The van der Waals surface area contributed by atoms with E-state index in [1.165, 1.54) is 6.26 Å². The highest BCUT2D eigenvalue weighted by atomic mass is 32.2. The van der Waals surface area contributed by atoms with E-state index in [0.717, 1.165) is 11.3 Å². The predicted molar refractivity (Wildman–Crippen MR) is 73.0 cm³/mol.